The number of alkyl halides is 3. The minimum atomic E-state index is -4.38. The molecule has 0 unspecified atom stereocenters. The molecule has 0 amide bonds. The number of benzene rings is 2. The number of halogens is 3. The lowest BCUT2D eigenvalue weighted by Gasteiger charge is -2.30. The van der Waals surface area contributed by atoms with Gasteiger partial charge in [-0.3, -0.25) is 0 Å². The molecule has 3 nitrogen and oxygen atoms in total. The summed E-state index contributed by atoms with van der Waals surface area (Å²) in [5, 5.41) is 0. The molecular formula is C20H14F3N3. The Balaban J connectivity index is 1.75. The van der Waals surface area contributed by atoms with E-state index in [-0.39, 0.29) is 5.56 Å². The summed E-state index contributed by atoms with van der Waals surface area (Å²) in [6, 6.07) is 16.3. The van der Waals surface area contributed by atoms with E-state index in [1.165, 1.54) is 0 Å². The second kappa shape index (κ2) is 5.06. The first kappa shape index (κ1) is 15.4. The van der Waals surface area contributed by atoms with Crippen LogP contribution < -0.4 is 4.90 Å². The molecule has 1 aliphatic carbocycles. The molecule has 0 spiro atoms. The summed E-state index contributed by atoms with van der Waals surface area (Å²) in [7, 11) is 0. The van der Waals surface area contributed by atoms with Crippen LogP contribution in [-0.4, -0.2) is 22.2 Å². The molecule has 3 aromatic rings. The predicted octanol–water partition coefficient (Wildman–Crippen LogP) is 4.59. The molecule has 1 aliphatic heterocycles. The van der Waals surface area contributed by atoms with Crippen LogP contribution in [0.2, 0.25) is 0 Å². The second-order valence-corrected chi connectivity index (χ2v) is 6.63. The van der Waals surface area contributed by atoms with Crippen LogP contribution in [0.4, 0.5) is 24.8 Å². The summed E-state index contributed by atoms with van der Waals surface area (Å²) >= 11 is 0. The molecule has 0 radical (unpaired) electrons. The van der Waals surface area contributed by atoms with Gasteiger partial charge in [-0.05, 0) is 23.3 Å². The van der Waals surface area contributed by atoms with E-state index in [1.54, 1.807) is 65.8 Å². The zero-order chi connectivity index (χ0) is 17.9. The quantitative estimate of drug-likeness (QED) is 0.675. The Hall–Kier alpha value is -2.89. The third-order valence-electron chi connectivity index (χ3n) is 5.46. The van der Waals surface area contributed by atoms with Gasteiger partial charge < -0.3 is 4.90 Å². The van der Waals surface area contributed by atoms with Crippen LogP contribution in [0.1, 0.15) is 17.0 Å². The van der Waals surface area contributed by atoms with Crippen LogP contribution in [0.25, 0.3) is 0 Å². The highest BCUT2D eigenvalue weighted by Gasteiger charge is 2.83. The maximum atomic E-state index is 14.4. The molecule has 2 aromatic carbocycles. The van der Waals surface area contributed by atoms with Gasteiger partial charge in [0.2, 0.25) is 5.95 Å². The molecule has 6 heteroatoms. The molecule has 3 atom stereocenters. The fourth-order valence-electron chi connectivity index (χ4n) is 4.48. The number of aromatic nitrogens is 2. The molecule has 0 N–H and O–H groups in total. The Bertz CT molecular complexity index is 959. The summed E-state index contributed by atoms with van der Waals surface area (Å²) in [5.41, 5.74) is -0.199. The molecule has 2 heterocycles. The van der Waals surface area contributed by atoms with Gasteiger partial charge in [0, 0.05) is 24.0 Å². The Morgan fingerprint density at radius 1 is 0.846 bits per heavy atom. The normalized spacial score (nSPS) is 26.3. The van der Waals surface area contributed by atoms with Crippen LogP contribution in [-0.2, 0) is 5.41 Å². The van der Waals surface area contributed by atoms with Crippen molar-refractivity contribution in [2.75, 3.05) is 4.90 Å². The Kier molecular flexibility index (Phi) is 2.99. The molecule has 1 fully saturated rings. The van der Waals surface area contributed by atoms with Gasteiger partial charge in [0.1, 0.15) is 5.41 Å². The smallest absolute Gasteiger partial charge is 0.305 e. The van der Waals surface area contributed by atoms with Crippen molar-refractivity contribution in [3.63, 3.8) is 0 Å². The van der Waals surface area contributed by atoms with E-state index in [9.17, 15) is 13.2 Å². The van der Waals surface area contributed by atoms with E-state index in [0.717, 1.165) is 5.69 Å². The zero-order valence-corrected chi connectivity index (χ0v) is 13.6. The zero-order valence-electron chi connectivity index (χ0n) is 13.6. The Labute approximate surface area is 148 Å². The molecule has 1 aromatic heterocycles. The van der Waals surface area contributed by atoms with E-state index < -0.39 is 23.6 Å². The fraction of sp³-hybridized carbons (Fsp3) is 0.200. The largest absolute Gasteiger partial charge is 0.401 e. The van der Waals surface area contributed by atoms with Gasteiger partial charge in [0.15, 0.2) is 0 Å². The van der Waals surface area contributed by atoms with Crippen molar-refractivity contribution in [1.82, 2.24) is 9.97 Å². The SMILES string of the molecule is FC(F)(F)[C@]1(c2ccccc2)[C@H]2c3ccccc3N(c3ncccn3)[C@H]21. The molecule has 26 heavy (non-hydrogen) atoms. The second-order valence-electron chi connectivity index (χ2n) is 6.63. The Morgan fingerprint density at radius 3 is 2.19 bits per heavy atom. The summed E-state index contributed by atoms with van der Waals surface area (Å²) in [5.74, 6) is -0.362. The molecule has 2 aliphatic rings. The summed E-state index contributed by atoms with van der Waals surface area (Å²) < 4.78 is 43.3. The van der Waals surface area contributed by atoms with Crippen molar-refractivity contribution in [2.24, 2.45) is 0 Å². The first-order valence-corrected chi connectivity index (χ1v) is 8.34. The van der Waals surface area contributed by atoms with Crippen molar-refractivity contribution < 1.29 is 13.2 Å². The highest BCUT2D eigenvalue weighted by atomic mass is 19.4. The first-order valence-electron chi connectivity index (χ1n) is 8.34. The monoisotopic (exact) mass is 353 g/mol. The van der Waals surface area contributed by atoms with E-state index >= 15 is 0 Å². The van der Waals surface area contributed by atoms with Crippen LogP contribution >= 0.6 is 0 Å². The summed E-state index contributed by atoms with van der Waals surface area (Å²) in [4.78, 5) is 10.1. The first-order chi connectivity index (χ1) is 12.6. The average molecular weight is 353 g/mol. The lowest BCUT2D eigenvalue weighted by Crippen LogP contribution is -2.39. The van der Waals surface area contributed by atoms with Gasteiger partial charge in [-0.2, -0.15) is 13.2 Å². The molecule has 5 rings (SSSR count). The van der Waals surface area contributed by atoms with Crippen LogP contribution in [0.5, 0.6) is 0 Å². The number of fused-ring (bicyclic) bond motifs is 3. The van der Waals surface area contributed by atoms with E-state index in [0.29, 0.717) is 11.5 Å². The van der Waals surface area contributed by atoms with Gasteiger partial charge in [-0.15, -0.1) is 0 Å². The maximum Gasteiger partial charge on any atom is 0.401 e. The number of anilines is 2. The minimum Gasteiger partial charge on any atom is -0.305 e. The lowest BCUT2D eigenvalue weighted by molar-refractivity contribution is -0.163. The van der Waals surface area contributed by atoms with Gasteiger partial charge in [-0.1, -0.05) is 48.5 Å². The van der Waals surface area contributed by atoms with Gasteiger partial charge in [0.25, 0.3) is 0 Å². The van der Waals surface area contributed by atoms with E-state index in [2.05, 4.69) is 9.97 Å². The maximum absolute atomic E-state index is 14.4. The van der Waals surface area contributed by atoms with E-state index in [1.807, 2.05) is 12.1 Å². The van der Waals surface area contributed by atoms with Crippen LogP contribution in [0.3, 0.4) is 0 Å². The van der Waals surface area contributed by atoms with Gasteiger partial charge in [0.05, 0.1) is 6.04 Å². The number of hydrogen-bond donors (Lipinski definition) is 0. The van der Waals surface area contributed by atoms with Crippen molar-refractivity contribution in [2.45, 2.75) is 23.6 Å². The van der Waals surface area contributed by atoms with Crippen molar-refractivity contribution in [3.8, 4) is 0 Å². The standard InChI is InChI=1S/C20H14F3N3/c21-20(22,23)19(13-7-2-1-3-8-13)16-14-9-4-5-10-15(14)26(17(16)19)18-24-11-6-12-25-18/h1-12,16-17H/t16-,17+,19+/m0/s1. The van der Waals surface area contributed by atoms with Gasteiger partial charge >= 0.3 is 6.18 Å². The molecule has 1 saturated carbocycles. The number of rotatable bonds is 2. The van der Waals surface area contributed by atoms with Crippen molar-refractivity contribution in [3.05, 3.63) is 84.2 Å². The molecular weight excluding hydrogens is 339 g/mol. The Morgan fingerprint density at radius 2 is 1.50 bits per heavy atom. The summed E-state index contributed by atoms with van der Waals surface area (Å²) in [6.45, 7) is 0. The molecule has 0 bridgehead atoms. The lowest BCUT2D eigenvalue weighted by atomic mass is 9.88. The number of nitrogens with zero attached hydrogens (tertiary/aromatic N) is 3. The molecule has 0 saturated heterocycles. The highest BCUT2D eigenvalue weighted by molar-refractivity contribution is 5.78. The predicted molar refractivity (Wildman–Crippen MR) is 91.3 cm³/mol. The average Bonchev–Trinajstić information content (AvgIpc) is 3.24. The third kappa shape index (κ3) is 1.79. The van der Waals surface area contributed by atoms with Crippen LogP contribution in [0, 0.1) is 0 Å². The fourth-order valence-corrected chi connectivity index (χ4v) is 4.48. The van der Waals surface area contributed by atoms with Crippen LogP contribution in [0.15, 0.2) is 73.1 Å². The topological polar surface area (TPSA) is 29.0 Å². The number of para-hydroxylation sites is 1. The minimum absolute atomic E-state index is 0.290. The molecule has 130 valence electrons. The third-order valence-corrected chi connectivity index (χ3v) is 5.46. The number of hydrogen-bond acceptors (Lipinski definition) is 3. The van der Waals surface area contributed by atoms with Crippen molar-refractivity contribution >= 4 is 11.6 Å². The van der Waals surface area contributed by atoms with Crippen molar-refractivity contribution in [1.29, 1.82) is 0 Å². The highest BCUT2D eigenvalue weighted by Crippen LogP contribution is 2.75. The van der Waals surface area contributed by atoms with Gasteiger partial charge in [-0.25, -0.2) is 9.97 Å². The summed E-state index contributed by atoms with van der Waals surface area (Å²) in [6.07, 6.45) is -1.28. The van der Waals surface area contributed by atoms with E-state index in [4.69, 9.17) is 0 Å².